The van der Waals surface area contributed by atoms with Gasteiger partial charge in [0.25, 0.3) is 5.91 Å². The van der Waals surface area contributed by atoms with Crippen LogP contribution in [0.15, 0.2) is 34.5 Å². The van der Waals surface area contributed by atoms with Gasteiger partial charge in [-0.1, -0.05) is 0 Å². The van der Waals surface area contributed by atoms with Gasteiger partial charge in [0, 0.05) is 23.2 Å². The van der Waals surface area contributed by atoms with Crippen LogP contribution >= 0.6 is 35.5 Å². The molecule has 0 radical (unpaired) electrons. The lowest BCUT2D eigenvalue weighted by atomic mass is 10.4. The quantitative estimate of drug-likeness (QED) is 0.549. The van der Waals surface area contributed by atoms with Crippen LogP contribution in [0.4, 0.5) is 4.39 Å². The molecule has 4 nitrogen and oxygen atoms in total. The first-order valence-electron chi connectivity index (χ1n) is 7.00. The molecule has 8 heteroatoms. The van der Waals surface area contributed by atoms with E-state index in [0.29, 0.717) is 25.2 Å². The molecule has 2 aromatic rings. The third kappa shape index (κ3) is 6.87. The molecule has 2 rings (SSSR count). The van der Waals surface area contributed by atoms with Crippen molar-refractivity contribution in [1.82, 2.24) is 10.3 Å². The van der Waals surface area contributed by atoms with Gasteiger partial charge in [0.1, 0.15) is 11.5 Å². The molecule has 3 N–H and O–H groups in total. The summed E-state index contributed by atoms with van der Waals surface area (Å²) in [6.45, 7) is 1.13. The average molecular weight is 376 g/mol. The Labute approximate surface area is 149 Å². The van der Waals surface area contributed by atoms with Crippen LogP contribution in [-0.2, 0) is 6.42 Å². The van der Waals surface area contributed by atoms with Crippen LogP contribution in [-0.4, -0.2) is 29.7 Å². The molecule has 0 spiro atoms. The zero-order chi connectivity index (χ0) is 15.8. The molecule has 0 atom stereocenters. The van der Waals surface area contributed by atoms with E-state index in [-0.39, 0.29) is 24.1 Å². The van der Waals surface area contributed by atoms with Crippen LogP contribution in [0.5, 0.6) is 0 Å². The van der Waals surface area contributed by atoms with Crippen LogP contribution < -0.4 is 11.1 Å². The monoisotopic (exact) mass is 375 g/mol. The van der Waals surface area contributed by atoms with Gasteiger partial charge in [0.2, 0.25) is 0 Å². The maximum absolute atomic E-state index is 12.8. The zero-order valence-electron chi connectivity index (χ0n) is 12.5. The van der Waals surface area contributed by atoms with E-state index in [2.05, 4.69) is 10.3 Å². The van der Waals surface area contributed by atoms with E-state index in [4.69, 9.17) is 5.73 Å². The Balaban J connectivity index is 0.00000264. The van der Waals surface area contributed by atoms with Crippen LogP contribution in [0.2, 0.25) is 0 Å². The van der Waals surface area contributed by atoms with Crippen molar-refractivity contribution in [3.05, 3.63) is 46.2 Å². The molecule has 1 aromatic heterocycles. The summed E-state index contributed by atoms with van der Waals surface area (Å²) in [5.41, 5.74) is 5.92. The van der Waals surface area contributed by atoms with E-state index in [9.17, 15) is 9.18 Å². The molecule has 0 aliphatic heterocycles. The van der Waals surface area contributed by atoms with Gasteiger partial charge in [-0.3, -0.25) is 4.79 Å². The van der Waals surface area contributed by atoms with Gasteiger partial charge in [-0.2, -0.15) is 0 Å². The number of hydrogen-bond acceptors (Lipinski definition) is 5. The molecule has 0 saturated carbocycles. The van der Waals surface area contributed by atoms with Gasteiger partial charge in [0.15, 0.2) is 0 Å². The number of benzene rings is 1. The minimum absolute atomic E-state index is 0. The fraction of sp³-hybridized carbons (Fsp3) is 0.333. The number of thioether (sulfide) groups is 1. The van der Waals surface area contributed by atoms with Gasteiger partial charge in [0.05, 0.1) is 5.01 Å². The number of nitrogens with two attached hydrogens (primary N) is 1. The molecule has 0 aliphatic carbocycles. The van der Waals surface area contributed by atoms with Crippen molar-refractivity contribution < 1.29 is 9.18 Å². The minimum atomic E-state index is -0.228. The number of amides is 1. The summed E-state index contributed by atoms with van der Waals surface area (Å²) in [7, 11) is 0. The highest BCUT2D eigenvalue weighted by atomic mass is 35.5. The van der Waals surface area contributed by atoms with Gasteiger partial charge < -0.3 is 11.1 Å². The lowest BCUT2D eigenvalue weighted by molar-refractivity contribution is 0.0949. The predicted molar refractivity (Wildman–Crippen MR) is 96.2 cm³/mol. The van der Waals surface area contributed by atoms with Crippen LogP contribution in [0.3, 0.4) is 0 Å². The summed E-state index contributed by atoms with van der Waals surface area (Å²) >= 11 is 3.10. The maximum atomic E-state index is 12.8. The number of hydrogen-bond donors (Lipinski definition) is 2. The number of halogens is 2. The van der Waals surface area contributed by atoms with Crippen molar-refractivity contribution in [2.24, 2.45) is 5.73 Å². The van der Waals surface area contributed by atoms with E-state index in [1.807, 2.05) is 0 Å². The summed E-state index contributed by atoms with van der Waals surface area (Å²) in [6, 6.07) is 6.41. The Morgan fingerprint density at radius 3 is 2.78 bits per heavy atom. The molecular formula is C15H19ClFN3OS2. The Bertz CT molecular complexity index is 607. The second-order valence-electron chi connectivity index (χ2n) is 4.58. The summed E-state index contributed by atoms with van der Waals surface area (Å²) in [5.74, 6) is 0.488. The standard InChI is InChI=1S/C15H18FN3OS2.ClH/c16-11-2-4-12(5-3-11)21-9-1-8-18-15(20)13-10-22-14(19-13)6-7-17;/h2-5,10H,1,6-9,17H2,(H,18,20);1H. The summed E-state index contributed by atoms with van der Waals surface area (Å²) in [4.78, 5) is 17.2. The van der Waals surface area contributed by atoms with Crippen molar-refractivity contribution in [1.29, 1.82) is 0 Å². The van der Waals surface area contributed by atoms with Crippen molar-refractivity contribution in [3.8, 4) is 0 Å². The van der Waals surface area contributed by atoms with Crippen molar-refractivity contribution >= 4 is 41.4 Å². The topological polar surface area (TPSA) is 68.0 Å². The number of thiazole rings is 1. The number of rotatable bonds is 8. The highest BCUT2D eigenvalue weighted by molar-refractivity contribution is 7.99. The van der Waals surface area contributed by atoms with E-state index in [1.54, 1.807) is 29.3 Å². The molecule has 0 saturated heterocycles. The molecule has 0 fully saturated rings. The number of carbonyl (C=O) groups is 1. The van der Waals surface area contributed by atoms with Crippen LogP contribution in [0.25, 0.3) is 0 Å². The molecule has 0 aliphatic rings. The minimum Gasteiger partial charge on any atom is -0.351 e. The van der Waals surface area contributed by atoms with Crippen molar-refractivity contribution in [2.45, 2.75) is 17.7 Å². The first-order chi connectivity index (χ1) is 10.7. The molecule has 23 heavy (non-hydrogen) atoms. The Morgan fingerprint density at radius 1 is 1.35 bits per heavy atom. The fourth-order valence-corrected chi connectivity index (χ4v) is 3.39. The molecule has 0 unspecified atom stereocenters. The molecule has 1 aromatic carbocycles. The first kappa shape index (κ1) is 19.9. The third-order valence-electron chi connectivity index (χ3n) is 2.83. The smallest absolute Gasteiger partial charge is 0.270 e. The van der Waals surface area contributed by atoms with E-state index >= 15 is 0 Å². The fourth-order valence-electron chi connectivity index (χ4n) is 1.74. The van der Waals surface area contributed by atoms with Crippen molar-refractivity contribution in [3.63, 3.8) is 0 Å². The van der Waals surface area contributed by atoms with Crippen molar-refractivity contribution in [2.75, 3.05) is 18.8 Å². The van der Waals surface area contributed by atoms with Gasteiger partial charge in [-0.25, -0.2) is 9.37 Å². The summed E-state index contributed by atoms with van der Waals surface area (Å²) < 4.78 is 12.8. The predicted octanol–water partition coefficient (Wildman–Crippen LogP) is 3.12. The Morgan fingerprint density at radius 2 is 2.09 bits per heavy atom. The molecule has 1 amide bonds. The molecular weight excluding hydrogens is 357 g/mol. The van der Waals surface area contributed by atoms with Crippen LogP contribution in [0.1, 0.15) is 21.9 Å². The normalized spacial score (nSPS) is 10.2. The van der Waals surface area contributed by atoms with E-state index in [1.165, 1.54) is 23.5 Å². The maximum Gasteiger partial charge on any atom is 0.270 e. The van der Waals surface area contributed by atoms with Crippen LogP contribution in [0, 0.1) is 5.82 Å². The number of nitrogens with one attached hydrogen (secondary N) is 1. The van der Waals surface area contributed by atoms with E-state index in [0.717, 1.165) is 22.1 Å². The second-order valence-corrected chi connectivity index (χ2v) is 6.69. The van der Waals surface area contributed by atoms with Gasteiger partial charge >= 0.3 is 0 Å². The van der Waals surface area contributed by atoms with E-state index < -0.39 is 0 Å². The largest absolute Gasteiger partial charge is 0.351 e. The Kier molecular flexibility index (Phi) is 9.16. The lowest BCUT2D eigenvalue weighted by Crippen LogP contribution is -2.25. The number of nitrogens with zero attached hydrogens (tertiary/aromatic N) is 1. The first-order valence-corrected chi connectivity index (χ1v) is 8.86. The highest BCUT2D eigenvalue weighted by Gasteiger charge is 2.09. The average Bonchev–Trinajstić information content (AvgIpc) is 2.98. The second kappa shape index (κ2) is 10.6. The summed E-state index contributed by atoms with van der Waals surface area (Å²) in [5, 5.41) is 5.50. The van der Waals surface area contributed by atoms with Gasteiger partial charge in [-0.15, -0.1) is 35.5 Å². The zero-order valence-corrected chi connectivity index (χ0v) is 14.9. The third-order valence-corrected chi connectivity index (χ3v) is 4.84. The summed E-state index contributed by atoms with van der Waals surface area (Å²) in [6.07, 6.45) is 1.54. The van der Waals surface area contributed by atoms with Gasteiger partial charge in [-0.05, 0) is 43.0 Å². The lowest BCUT2D eigenvalue weighted by Gasteiger charge is -2.04. The molecule has 126 valence electrons. The molecule has 1 heterocycles. The highest BCUT2D eigenvalue weighted by Crippen LogP contribution is 2.18. The number of carbonyl (C=O) groups excluding carboxylic acids is 1. The number of aromatic nitrogens is 1. The SMILES string of the molecule is Cl.NCCc1nc(C(=O)NCCCSc2ccc(F)cc2)cs1. The molecule has 0 bridgehead atoms. The Hall–Kier alpha value is -1.15.